The predicted molar refractivity (Wildman–Crippen MR) is 35.9 cm³/mol. The number of rotatable bonds is 3. The molecule has 52 valence electrons. The molecule has 0 bridgehead atoms. The van der Waals surface area contributed by atoms with Crippen LogP contribution in [0.5, 0.6) is 0 Å². The third-order valence-corrected chi connectivity index (χ3v) is 2.14. The fourth-order valence-corrected chi connectivity index (χ4v) is 1.28. The minimum absolute atomic E-state index is 0.387. The van der Waals surface area contributed by atoms with Crippen LogP contribution in [0.3, 0.4) is 0 Å². The normalized spacial score (nSPS) is 35.3. The molecule has 1 fully saturated rings. The summed E-state index contributed by atoms with van der Waals surface area (Å²) in [6.07, 6.45) is 2.07. The van der Waals surface area contributed by atoms with E-state index in [4.69, 9.17) is 0 Å². The Balaban J connectivity index is 2.18. The average molecular weight is 127 g/mol. The molecule has 3 atom stereocenters. The van der Waals surface area contributed by atoms with Crippen LogP contribution in [-0.4, -0.2) is 12.5 Å². The Morgan fingerprint density at radius 2 is 2.33 bits per heavy atom. The zero-order chi connectivity index (χ0) is 6.85. The van der Waals surface area contributed by atoms with Crippen molar-refractivity contribution in [2.24, 2.45) is 11.8 Å². The van der Waals surface area contributed by atoms with Crippen LogP contribution in [-0.2, 0) is 4.79 Å². The molecule has 2 nitrogen and oxygen atoms in total. The van der Waals surface area contributed by atoms with Crippen LogP contribution in [0, 0.1) is 11.8 Å². The van der Waals surface area contributed by atoms with Crippen LogP contribution in [0.4, 0.5) is 0 Å². The molecular weight excluding hydrogens is 114 g/mol. The Morgan fingerprint density at radius 1 is 1.78 bits per heavy atom. The van der Waals surface area contributed by atoms with Crippen LogP contribution in [0.2, 0.25) is 0 Å². The number of amides is 1. The van der Waals surface area contributed by atoms with Gasteiger partial charge in [0.15, 0.2) is 0 Å². The molecule has 2 heteroatoms. The Labute approximate surface area is 55.6 Å². The predicted octanol–water partition coefficient (Wildman–Crippen LogP) is 0.777. The summed E-state index contributed by atoms with van der Waals surface area (Å²) in [6, 6.07) is 0.387. The first kappa shape index (κ1) is 6.59. The molecular formula is C7H13NO. The molecule has 9 heavy (non-hydrogen) atoms. The van der Waals surface area contributed by atoms with Crippen LogP contribution in [0.1, 0.15) is 20.3 Å². The molecule has 0 aromatic carbocycles. The van der Waals surface area contributed by atoms with E-state index in [1.54, 1.807) is 0 Å². The molecule has 1 aliphatic carbocycles. The van der Waals surface area contributed by atoms with E-state index < -0.39 is 0 Å². The van der Waals surface area contributed by atoms with Crippen molar-refractivity contribution in [3.8, 4) is 0 Å². The smallest absolute Gasteiger partial charge is 0.207 e. The Kier molecular flexibility index (Phi) is 1.74. The van der Waals surface area contributed by atoms with Crippen molar-refractivity contribution in [3.05, 3.63) is 0 Å². The average Bonchev–Trinajstić information content (AvgIpc) is 2.47. The van der Waals surface area contributed by atoms with Crippen molar-refractivity contribution >= 4 is 6.41 Å². The number of carbonyl (C=O) groups excluding carboxylic acids is 1. The maximum atomic E-state index is 9.94. The highest BCUT2D eigenvalue weighted by molar-refractivity contribution is 5.46. The molecule has 1 amide bonds. The molecule has 0 radical (unpaired) electrons. The highest BCUT2D eigenvalue weighted by atomic mass is 16.1. The number of hydrogen-bond acceptors (Lipinski definition) is 1. The largest absolute Gasteiger partial charge is 0.356 e. The molecule has 1 rings (SSSR count). The lowest BCUT2D eigenvalue weighted by atomic mass is 10.2. The van der Waals surface area contributed by atoms with Crippen LogP contribution < -0.4 is 5.32 Å². The van der Waals surface area contributed by atoms with Gasteiger partial charge in [-0.1, -0.05) is 6.92 Å². The van der Waals surface area contributed by atoms with Gasteiger partial charge in [0, 0.05) is 6.04 Å². The van der Waals surface area contributed by atoms with Crippen LogP contribution in [0.25, 0.3) is 0 Å². The molecule has 0 spiro atoms. The lowest BCUT2D eigenvalue weighted by Gasteiger charge is -2.06. The first-order chi connectivity index (χ1) is 4.25. The van der Waals surface area contributed by atoms with Gasteiger partial charge < -0.3 is 5.32 Å². The van der Waals surface area contributed by atoms with Crippen molar-refractivity contribution in [3.63, 3.8) is 0 Å². The van der Waals surface area contributed by atoms with E-state index in [0.29, 0.717) is 6.04 Å². The van der Waals surface area contributed by atoms with E-state index in [1.807, 2.05) is 0 Å². The zero-order valence-electron chi connectivity index (χ0n) is 5.92. The summed E-state index contributed by atoms with van der Waals surface area (Å²) in [6.45, 7) is 4.27. The van der Waals surface area contributed by atoms with Gasteiger partial charge in [-0.3, -0.25) is 4.79 Å². The molecule has 1 N–H and O–H groups in total. The second-order valence-corrected chi connectivity index (χ2v) is 2.95. The quantitative estimate of drug-likeness (QED) is 0.558. The second kappa shape index (κ2) is 2.38. The monoisotopic (exact) mass is 127 g/mol. The summed E-state index contributed by atoms with van der Waals surface area (Å²) in [5, 5.41) is 2.76. The summed E-state index contributed by atoms with van der Waals surface area (Å²) in [7, 11) is 0. The van der Waals surface area contributed by atoms with Crippen molar-refractivity contribution in [2.75, 3.05) is 0 Å². The van der Waals surface area contributed by atoms with Crippen molar-refractivity contribution in [2.45, 2.75) is 26.3 Å². The van der Waals surface area contributed by atoms with Gasteiger partial charge in [0.25, 0.3) is 0 Å². The Hall–Kier alpha value is -0.530. The highest BCUT2D eigenvalue weighted by Crippen LogP contribution is 2.40. The third kappa shape index (κ3) is 1.44. The fourth-order valence-electron chi connectivity index (χ4n) is 1.28. The van der Waals surface area contributed by atoms with E-state index >= 15 is 0 Å². The molecule has 0 aromatic heterocycles. The van der Waals surface area contributed by atoms with Gasteiger partial charge in [-0.15, -0.1) is 0 Å². The van der Waals surface area contributed by atoms with Gasteiger partial charge in [-0.05, 0) is 25.2 Å². The van der Waals surface area contributed by atoms with Gasteiger partial charge in [-0.2, -0.15) is 0 Å². The van der Waals surface area contributed by atoms with Crippen molar-refractivity contribution in [1.29, 1.82) is 0 Å². The van der Waals surface area contributed by atoms with Gasteiger partial charge in [0.1, 0.15) is 0 Å². The maximum absolute atomic E-state index is 9.94. The molecule has 0 saturated heterocycles. The molecule has 1 saturated carbocycles. The van der Waals surface area contributed by atoms with Gasteiger partial charge in [0.05, 0.1) is 0 Å². The van der Waals surface area contributed by atoms with Crippen LogP contribution in [0.15, 0.2) is 0 Å². The second-order valence-electron chi connectivity index (χ2n) is 2.95. The van der Waals surface area contributed by atoms with E-state index in [1.165, 1.54) is 6.42 Å². The summed E-state index contributed by atoms with van der Waals surface area (Å²) >= 11 is 0. The molecule has 0 heterocycles. The van der Waals surface area contributed by atoms with Gasteiger partial charge in [0.2, 0.25) is 6.41 Å². The van der Waals surface area contributed by atoms with Gasteiger partial charge >= 0.3 is 0 Å². The van der Waals surface area contributed by atoms with Crippen molar-refractivity contribution in [1.82, 2.24) is 5.32 Å². The maximum Gasteiger partial charge on any atom is 0.207 e. The summed E-state index contributed by atoms with van der Waals surface area (Å²) in [5.74, 6) is 1.57. The SMILES string of the molecule is C[C@@H]1CC1[C@H](C)NC=O. The van der Waals surface area contributed by atoms with Gasteiger partial charge in [-0.25, -0.2) is 0 Å². The summed E-state index contributed by atoms with van der Waals surface area (Å²) in [5.41, 5.74) is 0. The van der Waals surface area contributed by atoms with Crippen LogP contribution >= 0.6 is 0 Å². The highest BCUT2D eigenvalue weighted by Gasteiger charge is 2.36. The molecule has 0 aliphatic heterocycles. The number of carbonyl (C=O) groups is 1. The zero-order valence-corrected chi connectivity index (χ0v) is 5.92. The Morgan fingerprint density at radius 3 is 2.67 bits per heavy atom. The lowest BCUT2D eigenvalue weighted by Crippen LogP contribution is -2.26. The third-order valence-electron chi connectivity index (χ3n) is 2.14. The minimum atomic E-state index is 0.387. The summed E-state index contributed by atoms with van der Waals surface area (Å²) < 4.78 is 0. The standard InChI is InChI=1S/C7H13NO/c1-5-3-7(5)6(2)8-4-9/h4-7H,3H2,1-2H3,(H,8,9)/t5-,6+,7?/m1/s1. The van der Waals surface area contributed by atoms with Crippen molar-refractivity contribution < 1.29 is 4.79 Å². The molecule has 1 unspecified atom stereocenters. The van der Waals surface area contributed by atoms with E-state index in [-0.39, 0.29) is 0 Å². The van der Waals surface area contributed by atoms with E-state index in [0.717, 1.165) is 18.2 Å². The molecule has 0 aromatic rings. The fraction of sp³-hybridized carbons (Fsp3) is 0.857. The minimum Gasteiger partial charge on any atom is -0.356 e. The number of hydrogen-bond donors (Lipinski definition) is 1. The van der Waals surface area contributed by atoms with E-state index in [2.05, 4.69) is 19.2 Å². The first-order valence-electron chi connectivity index (χ1n) is 3.45. The first-order valence-corrected chi connectivity index (χ1v) is 3.45. The molecule has 1 aliphatic rings. The lowest BCUT2D eigenvalue weighted by molar-refractivity contribution is -0.110. The topological polar surface area (TPSA) is 29.1 Å². The van der Waals surface area contributed by atoms with E-state index in [9.17, 15) is 4.79 Å². The summed E-state index contributed by atoms with van der Waals surface area (Å²) in [4.78, 5) is 9.94. The number of nitrogens with one attached hydrogen (secondary N) is 1. The Bertz CT molecular complexity index is 113.